The van der Waals surface area contributed by atoms with Gasteiger partial charge in [-0.15, -0.1) is 0 Å². The number of fused-ring (bicyclic) bond motifs is 3. The molecule has 0 spiro atoms. The lowest BCUT2D eigenvalue weighted by Gasteiger charge is -2.23. The number of benzene rings is 4. The summed E-state index contributed by atoms with van der Waals surface area (Å²) in [5.41, 5.74) is 4.18. The van der Waals surface area contributed by atoms with E-state index < -0.39 is 29.1 Å². The maximum Gasteiger partial charge on any atom is 0.407 e. The van der Waals surface area contributed by atoms with Crippen LogP contribution in [0.15, 0.2) is 103 Å². The molecular formula is C30H24N2O7. The average Bonchev–Trinajstić information content (AvgIpc) is 3.28. The summed E-state index contributed by atoms with van der Waals surface area (Å²) in [6, 6.07) is 27.4. The monoisotopic (exact) mass is 524 g/mol. The van der Waals surface area contributed by atoms with Crippen LogP contribution in [-0.2, 0) is 9.53 Å². The Morgan fingerprint density at radius 3 is 2.00 bits per heavy atom. The van der Waals surface area contributed by atoms with Crippen molar-refractivity contribution < 1.29 is 29.1 Å². The molecular weight excluding hydrogens is 500 g/mol. The number of alkyl carbamates (subject to hydrolysis) is 1. The molecule has 1 aliphatic carbocycles. The number of carbonyl (C=O) groups excluding carboxylic acids is 2. The lowest BCUT2D eigenvalue weighted by molar-refractivity contribution is -0.384. The molecule has 1 aliphatic rings. The minimum atomic E-state index is -1.57. The van der Waals surface area contributed by atoms with Crippen molar-refractivity contribution in [1.29, 1.82) is 0 Å². The fraction of sp³-hybridized carbons (Fsp3) is 0.133. The van der Waals surface area contributed by atoms with E-state index in [-0.39, 0.29) is 29.5 Å². The highest BCUT2D eigenvalue weighted by atomic mass is 16.6. The van der Waals surface area contributed by atoms with Crippen LogP contribution in [0.1, 0.15) is 28.7 Å². The van der Waals surface area contributed by atoms with Gasteiger partial charge in [0, 0.05) is 18.1 Å². The van der Waals surface area contributed by atoms with E-state index in [0.717, 1.165) is 22.3 Å². The van der Waals surface area contributed by atoms with Gasteiger partial charge >= 0.3 is 12.1 Å². The molecule has 4 aromatic carbocycles. The third-order valence-corrected chi connectivity index (χ3v) is 6.59. The molecule has 0 aromatic heterocycles. The van der Waals surface area contributed by atoms with Gasteiger partial charge in [-0.25, -0.2) is 9.59 Å². The van der Waals surface area contributed by atoms with E-state index in [1.54, 1.807) is 30.3 Å². The molecule has 9 nitrogen and oxygen atoms in total. The Bertz CT molecular complexity index is 1460. The molecule has 0 fully saturated rings. The summed E-state index contributed by atoms with van der Waals surface area (Å²) in [5, 5.41) is 24.4. The average molecular weight is 525 g/mol. The van der Waals surface area contributed by atoms with Gasteiger partial charge in [0.2, 0.25) is 0 Å². The van der Waals surface area contributed by atoms with Crippen molar-refractivity contribution in [3.05, 3.63) is 130 Å². The molecule has 5 rings (SSSR count). The molecule has 0 saturated carbocycles. The van der Waals surface area contributed by atoms with Gasteiger partial charge in [0.1, 0.15) is 18.5 Å². The second-order valence-electron chi connectivity index (χ2n) is 8.98. The lowest BCUT2D eigenvalue weighted by atomic mass is 9.98. The Hall–Kier alpha value is -5.02. The van der Waals surface area contributed by atoms with Gasteiger partial charge in [0.15, 0.2) is 6.04 Å². The third kappa shape index (κ3) is 5.48. The quantitative estimate of drug-likeness (QED) is 0.141. The minimum Gasteiger partial charge on any atom is -0.449 e. The van der Waals surface area contributed by atoms with Gasteiger partial charge in [-0.05, 0) is 52.1 Å². The van der Waals surface area contributed by atoms with Crippen molar-refractivity contribution in [2.45, 2.75) is 18.1 Å². The Labute approximate surface area is 223 Å². The highest BCUT2D eigenvalue weighted by Crippen LogP contribution is 2.44. The SMILES string of the molecule is O=C(N[C@@H](C(=O)Oc1ccccc1)[C@H](O)c1ccc([N+](=O)[O-])cc1)OCC1c2ccccc2-c2ccccc21. The number of aliphatic hydroxyl groups is 1. The first-order valence-corrected chi connectivity index (χ1v) is 12.2. The van der Waals surface area contributed by atoms with Crippen molar-refractivity contribution in [2.24, 2.45) is 0 Å². The molecule has 0 unspecified atom stereocenters. The fourth-order valence-corrected chi connectivity index (χ4v) is 4.69. The van der Waals surface area contributed by atoms with Crippen molar-refractivity contribution in [1.82, 2.24) is 5.32 Å². The summed E-state index contributed by atoms with van der Waals surface area (Å²) in [5.74, 6) is -0.907. The summed E-state index contributed by atoms with van der Waals surface area (Å²) in [7, 11) is 0. The molecule has 0 aliphatic heterocycles. The van der Waals surface area contributed by atoms with Crippen molar-refractivity contribution >= 4 is 17.7 Å². The van der Waals surface area contributed by atoms with Crippen molar-refractivity contribution in [3.63, 3.8) is 0 Å². The van der Waals surface area contributed by atoms with Gasteiger partial charge in [-0.2, -0.15) is 0 Å². The van der Waals surface area contributed by atoms with Crippen LogP contribution >= 0.6 is 0 Å². The zero-order valence-electron chi connectivity index (χ0n) is 20.6. The number of hydrogen-bond acceptors (Lipinski definition) is 7. The Kier molecular flexibility index (Phi) is 7.33. The van der Waals surface area contributed by atoms with Gasteiger partial charge in [-0.1, -0.05) is 66.7 Å². The summed E-state index contributed by atoms with van der Waals surface area (Å²) >= 11 is 0. The molecule has 2 atom stereocenters. The first-order valence-electron chi connectivity index (χ1n) is 12.2. The van der Waals surface area contributed by atoms with Crippen LogP contribution in [-0.4, -0.2) is 34.7 Å². The van der Waals surface area contributed by atoms with Gasteiger partial charge in [-0.3, -0.25) is 10.1 Å². The molecule has 2 N–H and O–H groups in total. The number of carbonyl (C=O) groups is 2. The molecule has 0 saturated heterocycles. The molecule has 4 aromatic rings. The van der Waals surface area contributed by atoms with Gasteiger partial charge in [0.05, 0.1) is 4.92 Å². The zero-order chi connectivity index (χ0) is 27.4. The standard InChI is InChI=1S/C30H24N2O7/c33-28(19-14-16-20(17-15-19)32(36)37)27(29(34)39-21-8-2-1-3-9-21)31-30(35)38-18-26-24-12-6-4-10-22(24)23-11-5-7-13-25(23)26/h1-17,26-28,33H,18H2,(H,31,35)/t27-,28-/m1/s1. The molecule has 9 heteroatoms. The fourth-order valence-electron chi connectivity index (χ4n) is 4.69. The topological polar surface area (TPSA) is 128 Å². The van der Waals surface area contributed by atoms with Gasteiger partial charge < -0.3 is 19.9 Å². The zero-order valence-corrected chi connectivity index (χ0v) is 20.6. The minimum absolute atomic E-state index is 0.00788. The maximum absolute atomic E-state index is 13.1. The third-order valence-electron chi connectivity index (χ3n) is 6.59. The van der Waals surface area contributed by atoms with Crippen molar-refractivity contribution in [3.8, 4) is 16.9 Å². The number of nitrogens with one attached hydrogen (secondary N) is 1. The number of aliphatic hydroxyl groups excluding tert-OH is 1. The molecule has 1 amide bonds. The number of nitro groups is 1. The number of hydrogen-bond donors (Lipinski definition) is 2. The van der Waals surface area contributed by atoms with E-state index in [4.69, 9.17) is 9.47 Å². The normalized spacial score (nSPS) is 13.5. The molecule has 0 bridgehead atoms. The molecule has 0 radical (unpaired) electrons. The lowest BCUT2D eigenvalue weighted by Crippen LogP contribution is -2.47. The second-order valence-corrected chi connectivity index (χ2v) is 8.98. The van der Waals surface area contributed by atoms with Crippen LogP contribution in [0.4, 0.5) is 10.5 Å². The first-order chi connectivity index (χ1) is 18.9. The highest BCUT2D eigenvalue weighted by molar-refractivity contribution is 5.84. The predicted molar refractivity (Wildman–Crippen MR) is 142 cm³/mol. The summed E-state index contributed by atoms with van der Waals surface area (Å²) in [6.07, 6.45) is -2.49. The van der Waals surface area contributed by atoms with E-state index in [2.05, 4.69) is 5.32 Å². The maximum atomic E-state index is 13.1. The number of para-hydroxylation sites is 1. The van der Waals surface area contributed by atoms with Crippen LogP contribution in [0.5, 0.6) is 5.75 Å². The number of rotatable bonds is 8. The Morgan fingerprint density at radius 1 is 0.846 bits per heavy atom. The smallest absolute Gasteiger partial charge is 0.407 e. The van der Waals surface area contributed by atoms with E-state index in [9.17, 15) is 24.8 Å². The summed E-state index contributed by atoms with van der Waals surface area (Å²) < 4.78 is 10.9. The van der Waals surface area contributed by atoms with Crippen LogP contribution in [0.25, 0.3) is 11.1 Å². The van der Waals surface area contributed by atoms with Crippen LogP contribution in [0.2, 0.25) is 0 Å². The molecule has 39 heavy (non-hydrogen) atoms. The first kappa shape index (κ1) is 25.6. The number of nitro benzene ring substituents is 1. The van der Waals surface area contributed by atoms with E-state index in [1.807, 2.05) is 48.5 Å². The molecule has 196 valence electrons. The van der Waals surface area contributed by atoms with Gasteiger partial charge in [0.25, 0.3) is 5.69 Å². The van der Waals surface area contributed by atoms with Crippen LogP contribution < -0.4 is 10.1 Å². The Morgan fingerprint density at radius 2 is 1.41 bits per heavy atom. The van der Waals surface area contributed by atoms with Crippen LogP contribution in [0, 0.1) is 10.1 Å². The molecule has 0 heterocycles. The largest absolute Gasteiger partial charge is 0.449 e. The summed E-state index contributed by atoms with van der Waals surface area (Å²) in [4.78, 5) is 36.4. The highest BCUT2D eigenvalue weighted by Gasteiger charge is 2.34. The number of non-ortho nitro benzene ring substituents is 1. The Balaban J connectivity index is 1.33. The van der Waals surface area contributed by atoms with E-state index in [0.29, 0.717) is 0 Å². The predicted octanol–water partition coefficient (Wildman–Crippen LogP) is 5.14. The van der Waals surface area contributed by atoms with Crippen molar-refractivity contribution in [2.75, 3.05) is 6.61 Å². The van der Waals surface area contributed by atoms with E-state index >= 15 is 0 Å². The summed E-state index contributed by atoms with van der Waals surface area (Å²) in [6.45, 7) is 0.00788. The number of ether oxygens (including phenoxy) is 2. The van der Waals surface area contributed by atoms with Crippen LogP contribution in [0.3, 0.4) is 0 Å². The number of nitrogens with zero attached hydrogens (tertiary/aromatic N) is 1. The number of amides is 1. The second kappa shape index (κ2) is 11.2. The van der Waals surface area contributed by atoms with E-state index in [1.165, 1.54) is 24.3 Å². The number of esters is 1.